The Morgan fingerprint density at radius 2 is 0.989 bits per heavy atom. The first-order valence-electron chi connectivity index (χ1n) is 27.8. The van der Waals surface area contributed by atoms with Crippen molar-refractivity contribution in [1.82, 2.24) is 38.1 Å². The molecule has 2 saturated heterocycles. The van der Waals surface area contributed by atoms with E-state index in [0.29, 0.717) is 98.5 Å². The number of hydrogen-bond donors (Lipinski definition) is 4. The summed E-state index contributed by atoms with van der Waals surface area (Å²) in [6.07, 6.45) is 9.41. The average Bonchev–Trinajstić information content (AvgIpc) is 1.61. The van der Waals surface area contributed by atoms with Crippen molar-refractivity contribution < 1.29 is 41.4 Å². The van der Waals surface area contributed by atoms with Crippen LogP contribution in [0.1, 0.15) is 65.0 Å². The highest BCUT2D eigenvalue weighted by atomic mass is 35.5. The highest BCUT2D eigenvalue weighted by Gasteiger charge is 2.29. The van der Waals surface area contributed by atoms with E-state index in [-0.39, 0.29) is 57.2 Å². The summed E-state index contributed by atoms with van der Waals surface area (Å²) in [6, 6.07) is 39.4. The van der Waals surface area contributed by atoms with Crippen molar-refractivity contribution in [1.29, 1.82) is 0 Å². The van der Waals surface area contributed by atoms with Crippen LogP contribution in [0.25, 0.3) is 44.3 Å². The minimum Gasteiger partial charge on any atom is -0.478 e. The van der Waals surface area contributed by atoms with E-state index in [1.165, 1.54) is 57.6 Å². The van der Waals surface area contributed by atoms with Crippen LogP contribution < -0.4 is 16.0 Å². The lowest BCUT2D eigenvalue weighted by Crippen LogP contribution is -2.42. The number of nitro groups is 2. The van der Waals surface area contributed by atoms with Crippen LogP contribution in [0.15, 0.2) is 180 Å². The Hall–Kier alpha value is -9.66. The molecule has 6 heterocycles. The summed E-state index contributed by atoms with van der Waals surface area (Å²) in [6.45, 7) is 5.98. The van der Waals surface area contributed by atoms with Crippen molar-refractivity contribution >= 4 is 100 Å². The number of nitrogens with zero attached hydrogens (tertiary/aromatic N) is 9. The monoisotopic (exact) mass is 1290 g/mol. The molecule has 0 radical (unpaired) electrons. The lowest BCUT2D eigenvalue weighted by Gasteiger charge is -2.32. The Morgan fingerprint density at radius 3 is 1.41 bits per heavy atom. The van der Waals surface area contributed by atoms with Gasteiger partial charge in [0.25, 0.3) is 37.3 Å². The van der Waals surface area contributed by atoms with Gasteiger partial charge in [-0.2, -0.15) is 0 Å². The molecule has 90 heavy (non-hydrogen) atoms. The van der Waals surface area contributed by atoms with Crippen LogP contribution in [0.5, 0.6) is 0 Å². The molecule has 0 atom stereocenters. The number of fused-ring (bicyclic) bond motifs is 2. The minimum absolute atomic E-state index is 0. The number of carbonyl (C=O) groups excluding carboxylic acids is 1. The lowest BCUT2D eigenvalue weighted by molar-refractivity contribution is -0.385. The first kappa shape index (κ1) is 64.8. The van der Waals surface area contributed by atoms with Gasteiger partial charge in [0, 0.05) is 88.3 Å². The van der Waals surface area contributed by atoms with Crippen LogP contribution >= 0.6 is 23.2 Å². The Kier molecular flexibility index (Phi) is 20.0. The van der Waals surface area contributed by atoms with Gasteiger partial charge >= 0.3 is 5.97 Å². The van der Waals surface area contributed by atoms with Gasteiger partial charge in [-0.05, 0) is 113 Å². The predicted molar refractivity (Wildman–Crippen MR) is 345 cm³/mol. The number of nitro benzene ring substituents is 2. The van der Waals surface area contributed by atoms with E-state index in [2.05, 4.69) is 30.9 Å². The second-order valence-electron chi connectivity index (χ2n) is 20.8. The molecule has 27 heteroatoms. The average molecular weight is 1300 g/mol. The Bertz CT molecular complexity index is 4560. The second kappa shape index (κ2) is 27.8. The van der Waals surface area contributed by atoms with Crippen molar-refractivity contribution in [3.63, 3.8) is 0 Å². The Morgan fingerprint density at radius 1 is 0.589 bits per heavy atom. The van der Waals surface area contributed by atoms with Crippen molar-refractivity contribution in [2.45, 2.75) is 68.8 Å². The van der Waals surface area contributed by atoms with Crippen LogP contribution in [0.2, 0.25) is 10.0 Å². The maximum Gasteiger partial charge on any atom is 0.335 e. The normalized spacial score (nSPS) is 13.7. The van der Waals surface area contributed by atoms with Gasteiger partial charge in [0.05, 0.1) is 70.1 Å². The number of hydrogen-bond acceptors (Lipinski definition) is 17. The van der Waals surface area contributed by atoms with Crippen molar-refractivity contribution in [2.75, 3.05) is 36.8 Å². The van der Waals surface area contributed by atoms with Crippen molar-refractivity contribution in [3.8, 4) is 22.5 Å². The number of rotatable bonds is 14. The van der Waals surface area contributed by atoms with Gasteiger partial charge in [0.1, 0.15) is 0 Å². The Balaban J connectivity index is 0.000000182. The molecule has 1 amide bonds. The largest absolute Gasteiger partial charge is 0.478 e. The summed E-state index contributed by atoms with van der Waals surface area (Å²) in [5.74, 6) is -0.437. The summed E-state index contributed by atoms with van der Waals surface area (Å²) in [7, 11) is -7.68. The number of nitrogens with one attached hydrogen (secondary N) is 3. The maximum atomic E-state index is 13.6. The molecule has 10 aromatic rings. The number of carboxylic acid groups (broad SMARTS) is 1. The predicted octanol–water partition coefficient (Wildman–Crippen LogP) is 12.3. The van der Waals surface area contributed by atoms with Gasteiger partial charge in [-0.3, -0.25) is 25.0 Å². The van der Waals surface area contributed by atoms with Crippen molar-refractivity contribution in [2.24, 2.45) is 0 Å². The third-order valence-electron chi connectivity index (χ3n) is 15.0. The highest BCUT2D eigenvalue weighted by molar-refractivity contribution is 7.90. The van der Waals surface area contributed by atoms with Gasteiger partial charge < -0.3 is 26.0 Å². The molecule has 4 N–H and O–H groups in total. The van der Waals surface area contributed by atoms with E-state index in [4.69, 9.17) is 33.3 Å². The fourth-order valence-electron chi connectivity index (χ4n) is 10.5. The topological polar surface area (TPSA) is 310 Å². The summed E-state index contributed by atoms with van der Waals surface area (Å²) in [4.78, 5) is 64.2. The van der Waals surface area contributed by atoms with Gasteiger partial charge in [-0.1, -0.05) is 103 Å². The van der Waals surface area contributed by atoms with Crippen LogP contribution in [-0.2, 0) is 20.0 Å². The van der Waals surface area contributed by atoms with Crippen LogP contribution in [0.3, 0.4) is 0 Å². The third-order valence-corrected chi connectivity index (χ3v) is 19.0. The third kappa shape index (κ3) is 14.1. The molecule has 0 aliphatic carbocycles. The molecule has 0 bridgehead atoms. The zero-order valence-corrected chi connectivity index (χ0v) is 50.7. The molecule has 0 unspecified atom stereocenters. The summed E-state index contributed by atoms with van der Waals surface area (Å²) in [5.41, 5.74) is 4.32. The number of para-hydroxylation sites is 2. The fourth-order valence-corrected chi connectivity index (χ4v) is 13.6. The fraction of sp³-hybridized carbons (Fsp3) is 0.206. The number of aromatic carboxylic acids is 1. The summed E-state index contributed by atoms with van der Waals surface area (Å²) >= 11 is 13.1. The molecule has 0 spiro atoms. The molecule has 23 nitrogen and oxygen atoms in total. The van der Waals surface area contributed by atoms with E-state index in [1.54, 1.807) is 109 Å². The highest BCUT2D eigenvalue weighted by Crippen LogP contribution is 2.38. The smallest absolute Gasteiger partial charge is 0.335 e. The number of piperidine rings is 2. The standard InChI is InChI=1S/C31H27ClN6O5S.C23H22ClN5O2S.C8H7NO4.CH4/c1-20-17-21(11-12-27(20)38(40)41)30(39)36-15-13-22(14-16-36)34-31-33-18-26(32)29(35-31)25-19-37(28-10-6-5-9-24(25)28)44(42,43)23-7-3-2-4-8-23;24-20-14-26-23(27-16-10-12-25-13-11-16)28-22(20)19-15-29(21-9-5-4-8-18(19)21)32(30,31)17-6-2-1-3-7-17;1-5-4-6(8(10)11)2-3-7(5)9(12)13;/h2-12,17-19,22H,13-16H2,1H3,(H,33,34,35);1-9,14-16,25H,10-13H2,(H,26,27,28);2-4H,1H3,(H,10,11);1H4. The minimum atomic E-state index is -3.89. The number of likely N-dealkylation sites (tertiary alicyclic amines) is 1. The molecule has 6 aromatic carbocycles. The first-order chi connectivity index (χ1) is 42.7. The van der Waals surface area contributed by atoms with E-state index >= 15 is 0 Å². The molecule has 0 saturated carbocycles. The molecular formula is C63H60Cl2N12O11S2. The zero-order chi connectivity index (χ0) is 63.1. The second-order valence-corrected chi connectivity index (χ2v) is 25.3. The van der Waals surface area contributed by atoms with E-state index in [0.717, 1.165) is 31.3 Å². The summed E-state index contributed by atoms with van der Waals surface area (Å²) in [5, 5.41) is 42.2. The molecule has 4 aromatic heterocycles. The SMILES string of the molecule is C.Cc1cc(C(=O)N2CCC(Nc3ncc(Cl)c(-c4cn(S(=O)(=O)c5ccccc5)c5ccccc45)n3)CC2)ccc1[N+](=O)[O-].Cc1cc(C(=O)O)ccc1[N+](=O)[O-].O=S(=O)(c1ccccc1)n1cc(-c2nc(NC3CCNCC3)ncc2Cl)c2ccccc21. The lowest BCUT2D eigenvalue weighted by atomic mass is 10.0. The number of halogens is 2. The molecule has 2 fully saturated rings. The Labute approximate surface area is 527 Å². The van der Waals surface area contributed by atoms with Crippen LogP contribution in [-0.4, -0.2) is 115 Å². The van der Waals surface area contributed by atoms with Gasteiger partial charge in [0.2, 0.25) is 11.9 Å². The first-order valence-corrected chi connectivity index (χ1v) is 31.5. The van der Waals surface area contributed by atoms with Gasteiger partial charge in [-0.15, -0.1) is 0 Å². The van der Waals surface area contributed by atoms with E-state index in [1.807, 2.05) is 30.3 Å². The number of carboxylic acids is 1. The van der Waals surface area contributed by atoms with Crippen LogP contribution in [0, 0.1) is 34.1 Å². The zero-order valence-electron chi connectivity index (χ0n) is 47.6. The molecule has 2 aliphatic heterocycles. The van der Waals surface area contributed by atoms with E-state index < -0.39 is 35.9 Å². The number of aromatic nitrogens is 6. The number of amides is 1. The molecule has 2 aliphatic rings. The van der Waals surface area contributed by atoms with Crippen LogP contribution in [0.4, 0.5) is 23.3 Å². The number of aryl methyl sites for hydroxylation is 2. The molecule has 464 valence electrons. The molecule has 12 rings (SSSR count). The quantitative estimate of drug-likeness (QED) is 0.0581. The van der Waals surface area contributed by atoms with Crippen molar-refractivity contribution in [3.05, 3.63) is 223 Å². The number of anilines is 2. The van der Waals surface area contributed by atoms with E-state index in [9.17, 15) is 46.7 Å². The maximum absolute atomic E-state index is 13.6. The summed E-state index contributed by atoms with van der Waals surface area (Å²) < 4.78 is 56.4. The van der Waals surface area contributed by atoms with Gasteiger partial charge in [-0.25, -0.2) is 49.5 Å². The number of benzene rings is 6. The molecular weight excluding hydrogens is 1240 g/mol. The number of carbonyl (C=O) groups is 2. The van der Waals surface area contributed by atoms with Gasteiger partial charge in [0.15, 0.2) is 0 Å².